The molecule has 1 amide bonds. The molecule has 178 valence electrons. The van der Waals surface area contributed by atoms with Gasteiger partial charge in [0.2, 0.25) is 0 Å². The molecule has 35 heavy (non-hydrogen) atoms. The molecule has 1 aliphatic carbocycles. The number of benzene rings is 3. The first kappa shape index (κ1) is 22.8. The van der Waals surface area contributed by atoms with Crippen LogP contribution in [-0.4, -0.2) is 32.8 Å². The number of nitrogens with zero attached hydrogens (tertiary/aromatic N) is 2. The number of carboxylic acids is 1. The highest BCUT2D eigenvalue weighted by atomic mass is 16.4. The van der Waals surface area contributed by atoms with E-state index in [9.17, 15) is 14.7 Å². The maximum absolute atomic E-state index is 13.3. The molecule has 0 saturated heterocycles. The summed E-state index contributed by atoms with van der Waals surface area (Å²) >= 11 is 0. The molecule has 3 aromatic carbocycles. The Labute approximate surface area is 204 Å². The summed E-state index contributed by atoms with van der Waals surface area (Å²) in [4.78, 5) is 24.6. The molecule has 4 aromatic rings. The number of carbonyl (C=O) groups excluding carboxylic acids is 1. The van der Waals surface area contributed by atoms with Crippen LogP contribution in [0.5, 0.6) is 0 Å². The van der Waals surface area contributed by atoms with Gasteiger partial charge in [-0.1, -0.05) is 54.6 Å². The predicted molar refractivity (Wildman–Crippen MR) is 136 cm³/mol. The van der Waals surface area contributed by atoms with E-state index in [1.54, 1.807) is 0 Å². The van der Waals surface area contributed by atoms with Crippen LogP contribution >= 0.6 is 0 Å². The van der Waals surface area contributed by atoms with E-state index in [2.05, 4.69) is 46.8 Å². The summed E-state index contributed by atoms with van der Waals surface area (Å²) in [6.07, 6.45) is 4.38. The fourth-order valence-corrected chi connectivity index (χ4v) is 5.03. The van der Waals surface area contributed by atoms with Crippen LogP contribution in [-0.2, 0) is 11.3 Å². The molecule has 0 radical (unpaired) electrons. The van der Waals surface area contributed by atoms with Crippen molar-refractivity contribution in [3.8, 4) is 11.1 Å². The topological polar surface area (TPSA) is 84.2 Å². The van der Waals surface area contributed by atoms with Gasteiger partial charge in [-0.2, -0.15) is 5.10 Å². The highest BCUT2D eigenvalue weighted by molar-refractivity contribution is 6.06. The van der Waals surface area contributed by atoms with Crippen LogP contribution in [0.4, 0.5) is 0 Å². The maximum atomic E-state index is 13.3. The molecule has 2 N–H and O–H groups in total. The van der Waals surface area contributed by atoms with Crippen LogP contribution in [0.3, 0.4) is 0 Å². The van der Waals surface area contributed by atoms with Crippen LogP contribution in [0.2, 0.25) is 0 Å². The Hall–Kier alpha value is -3.93. The average Bonchev–Trinajstić information content (AvgIpc) is 3.27. The van der Waals surface area contributed by atoms with Gasteiger partial charge in [0.25, 0.3) is 5.91 Å². The van der Waals surface area contributed by atoms with E-state index < -0.39 is 5.97 Å². The largest absolute Gasteiger partial charge is 0.481 e. The number of carbonyl (C=O) groups is 2. The van der Waals surface area contributed by atoms with Crippen molar-refractivity contribution in [1.29, 1.82) is 0 Å². The number of hydrogen-bond donors (Lipinski definition) is 2. The molecule has 0 unspecified atom stereocenters. The van der Waals surface area contributed by atoms with Gasteiger partial charge in [0.1, 0.15) is 0 Å². The van der Waals surface area contributed by atoms with Crippen LogP contribution in [0.1, 0.15) is 47.2 Å². The van der Waals surface area contributed by atoms with E-state index in [-0.39, 0.29) is 17.9 Å². The molecule has 0 spiro atoms. The highest BCUT2D eigenvalue weighted by Gasteiger charge is 2.27. The second kappa shape index (κ2) is 9.74. The van der Waals surface area contributed by atoms with Crippen molar-refractivity contribution in [2.75, 3.05) is 0 Å². The lowest BCUT2D eigenvalue weighted by molar-refractivity contribution is -0.142. The maximum Gasteiger partial charge on any atom is 0.306 e. The van der Waals surface area contributed by atoms with Gasteiger partial charge in [0.05, 0.1) is 29.7 Å². The molecule has 1 aliphatic rings. The quantitative estimate of drug-likeness (QED) is 0.396. The highest BCUT2D eigenvalue weighted by Crippen LogP contribution is 2.27. The number of amides is 1. The van der Waals surface area contributed by atoms with Crippen molar-refractivity contribution in [2.45, 2.75) is 45.2 Å². The zero-order valence-corrected chi connectivity index (χ0v) is 19.8. The molecular weight excluding hydrogens is 438 g/mol. The Morgan fingerprint density at radius 1 is 0.971 bits per heavy atom. The van der Waals surface area contributed by atoms with Crippen LogP contribution in [0.25, 0.3) is 22.0 Å². The SMILES string of the molecule is Cc1cc(C(=O)NC2CCC(C(=O)O)CC2)c2c(cnn2Cc2ccc(-c3ccccc3)cc2)c1. The summed E-state index contributed by atoms with van der Waals surface area (Å²) in [5.41, 5.74) is 5.87. The molecule has 0 bridgehead atoms. The Morgan fingerprint density at radius 2 is 1.66 bits per heavy atom. The zero-order valence-electron chi connectivity index (χ0n) is 19.8. The lowest BCUT2D eigenvalue weighted by Gasteiger charge is -2.27. The molecule has 0 atom stereocenters. The number of nitrogens with one attached hydrogen (secondary N) is 1. The molecular formula is C29H29N3O3. The van der Waals surface area contributed by atoms with Crippen molar-refractivity contribution in [3.63, 3.8) is 0 Å². The van der Waals surface area contributed by atoms with Gasteiger partial charge >= 0.3 is 5.97 Å². The number of carboxylic acid groups (broad SMARTS) is 1. The standard InChI is InChI=1S/C29H29N3O3/c1-19-15-24-17-30-32(18-20-7-9-22(10-8-20)21-5-3-2-4-6-21)27(24)26(16-19)28(33)31-25-13-11-23(12-14-25)29(34)35/h2-10,15-17,23,25H,11-14,18H2,1H3,(H,31,33)(H,34,35). The van der Waals surface area contributed by atoms with Gasteiger partial charge in [-0.05, 0) is 67.0 Å². The molecule has 6 heteroatoms. The van der Waals surface area contributed by atoms with Gasteiger partial charge in [0.15, 0.2) is 0 Å². The second-order valence-corrected chi connectivity index (χ2v) is 9.48. The summed E-state index contributed by atoms with van der Waals surface area (Å²) < 4.78 is 1.89. The monoisotopic (exact) mass is 467 g/mol. The van der Waals surface area contributed by atoms with Crippen molar-refractivity contribution >= 4 is 22.8 Å². The lowest BCUT2D eigenvalue weighted by atomic mass is 9.86. The molecule has 1 fully saturated rings. The van der Waals surface area contributed by atoms with Gasteiger partial charge in [-0.25, -0.2) is 0 Å². The van der Waals surface area contributed by atoms with Gasteiger partial charge < -0.3 is 10.4 Å². The lowest BCUT2D eigenvalue weighted by Crippen LogP contribution is -2.39. The Balaban J connectivity index is 1.37. The van der Waals surface area contributed by atoms with Crippen molar-refractivity contribution in [3.05, 3.63) is 89.6 Å². The van der Waals surface area contributed by atoms with E-state index in [0.717, 1.165) is 27.6 Å². The minimum atomic E-state index is -0.740. The Morgan fingerprint density at radius 3 is 2.34 bits per heavy atom. The molecule has 1 saturated carbocycles. The average molecular weight is 468 g/mol. The third-order valence-electron chi connectivity index (χ3n) is 6.93. The molecule has 0 aliphatic heterocycles. The third kappa shape index (κ3) is 4.97. The van der Waals surface area contributed by atoms with E-state index in [0.29, 0.717) is 37.8 Å². The van der Waals surface area contributed by atoms with E-state index in [1.807, 2.05) is 48.1 Å². The fraction of sp³-hybridized carbons (Fsp3) is 0.276. The summed E-state index contributed by atoms with van der Waals surface area (Å²) in [6.45, 7) is 2.54. The van der Waals surface area contributed by atoms with Crippen LogP contribution in [0.15, 0.2) is 72.9 Å². The van der Waals surface area contributed by atoms with Gasteiger partial charge in [-0.15, -0.1) is 0 Å². The number of aliphatic carboxylic acids is 1. The smallest absolute Gasteiger partial charge is 0.306 e. The number of aromatic nitrogens is 2. The molecule has 5 rings (SSSR count). The van der Waals surface area contributed by atoms with E-state index >= 15 is 0 Å². The molecule has 6 nitrogen and oxygen atoms in total. The van der Waals surface area contributed by atoms with Crippen LogP contribution in [0, 0.1) is 12.8 Å². The molecule has 1 heterocycles. The van der Waals surface area contributed by atoms with Crippen molar-refractivity contribution in [2.24, 2.45) is 5.92 Å². The van der Waals surface area contributed by atoms with Crippen molar-refractivity contribution in [1.82, 2.24) is 15.1 Å². The van der Waals surface area contributed by atoms with E-state index in [4.69, 9.17) is 0 Å². The second-order valence-electron chi connectivity index (χ2n) is 9.48. The minimum absolute atomic E-state index is 0.00411. The first-order valence-corrected chi connectivity index (χ1v) is 12.1. The first-order valence-electron chi connectivity index (χ1n) is 12.1. The van der Waals surface area contributed by atoms with Crippen molar-refractivity contribution < 1.29 is 14.7 Å². The summed E-state index contributed by atoms with van der Waals surface area (Å²) in [5, 5.41) is 17.9. The summed E-state index contributed by atoms with van der Waals surface area (Å²) in [6, 6.07) is 22.7. The first-order chi connectivity index (χ1) is 17.0. The van der Waals surface area contributed by atoms with Gasteiger partial charge in [0, 0.05) is 11.4 Å². The Kier molecular flexibility index (Phi) is 6.36. The zero-order chi connectivity index (χ0) is 24.4. The van der Waals surface area contributed by atoms with E-state index in [1.165, 1.54) is 5.56 Å². The predicted octanol–water partition coefficient (Wildman–Crippen LogP) is 5.43. The number of fused-ring (bicyclic) bond motifs is 1. The number of hydrogen-bond acceptors (Lipinski definition) is 3. The Bertz CT molecular complexity index is 1350. The number of aryl methyl sites for hydroxylation is 1. The minimum Gasteiger partial charge on any atom is -0.481 e. The van der Waals surface area contributed by atoms with Crippen LogP contribution < -0.4 is 5.32 Å². The summed E-state index contributed by atoms with van der Waals surface area (Å²) in [7, 11) is 0. The summed E-state index contributed by atoms with van der Waals surface area (Å²) in [5.74, 6) is -1.17. The fourth-order valence-electron chi connectivity index (χ4n) is 5.03. The normalized spacial score (nSPS) is 17.9. The number of rotatable bonds is 6. The molecule has 1 aromatic heterocycles. The van der Waals surface area contributed by atoms with Gasteiger partial charge in [-0.3, -0.25) is 14.3 Å². The third-order valence-corrected chi connectivity index (χ3v) is 6.93.